The first-order chi connectivity index (χ1) is 6.57. The molecule has 0 saturated carbocycles. The molecule has 0 rings (SSSR count). The third kappa shape index (κ3) is 6.86. The zero-order valence-electron chi connectivity index (χ0n) is 9.29. The molecule has 0 aliphatic rings. The third-order valence-corrected chi connectivity index (χ3v) is 1.67. The van der Waals surface area contributed by atoms with Crippen LogP contribution in [0.25, 0.3) is 0 Å². The van der Waals surface area contributed by atoms with Crippen molar-refractivity contribution in [2.75, 3.05) is 19.8 Å². The lowest BCUT2D eigenvalue weighted by Crippen LogP contribution is -2.32. The van der Waals surface area contributed by atoms with Crippen molar-refractivity contribution in [2.24, 2.45) is 11.7 Å². The summed E-state index contributed by atoms with van der Waals surface area (Å²) in [6.07, 6.45) is 0.603. The molecule has 14 heavy (non-hydrogen) atoms. The summed E-state index contributed by atoms with van der Waals surface area (Å²) in [4.78, 5) is 11.1. The molecule has 1 atom stereocenters. The highest BCUT2D eigenvalue weighted by Crippen LogP contribution is 1.93. The van der Waals surface area contributed by atoms with Gasteiger partial charge in [0.15, 0.2) is 0 Å². The first-order valence-corrected chi connectivity index (χ1v) is 5.07. The molecule has 4 nitrogen and oxygen atoms in total. The molecule has 0 heterocycles. The highest BCUT2D eigenvalue weighted by Gasteiger charge is 2.11. The van der Waals surface area contributed by atoms with E-state index in [1.807, 2.05) is 6.92 Å². The standard InChI is InChI=1S/C10H21NO3/c1-4-9(11)10(12)14-6-5-13-7-8(2)3/h8-9H,4-7,11H2,1-3H3/t9-/m0/s1. The Labute approximate surface area is 85.8 Å². The molecule has 0 spiro atoms. The van der Waals surface area contributed by atoms with Crippen LogP contribution in [0.2, 0.25) is 0 Å². The van der Waals surface area contributed by atoms with Gasteiger partial charge < -0.3 is 15.2 Å². The lowest BCUT2D eigenvalue weighted by molar-refractivity contribution is -0.146. The number of nitrogens with two attached hydrogens (primary N) is 1. The summed E-state index contributed by atoms with van der Waals surface area (Å²) in [7, 11) is 0. The Bertz CT molecular complexity index is 159. The number of ether oxygens (including phenoxy) is 2. The van der Waals surface area contributed by atoms with E-state index >= 15 is 0 Å². The van der Waals surface area contributed by atoms with Crippen LogP contribution in [0.4, 0.5) is 0 Å². The summed E-state index contributed by atoms with van der Waals surface area (Å²) >= 11 is 0. The summed E-state index contributed by atoms with van der Waals surface area (Å²) < 4.78 is 10.1. The van der Waals surface area contributed by atoms with Crippen molar-refractivity contribution in [3.63, 3.8) is 0 Å². The first-order valence-electron chi connectivity index (χ1n) is 5.07. The lowest BCUT2D eigenvalue weighted by Gasteiger charge is -2.10. The molecule has 84 valence electrons. The second-order valence-corrected chi connectivity index (χ2v) is 3.65. The van der Waals surface area contributed by atoms with Crippen molar-refractivity contribution < 1.29 is 14.3 Å². The van der Waals surface area contributed by atoms with E-state index in [0.717, 1.165) is 0 Å². The second kappa shape index (κ2) is 7.76. The molecule has 0 aromatic rings. The van der Waals surface area contributed by atoms with Crippen LogP contribution in [0.5, 0.6) is 0 Å². The molecule has 2 N–H and O–H groups in total. The monoisotopic (exact) mass is 203 g/mol. The van der Waals surface area contributed by atoms with Gasteiger partial charge >= 0.3 is 5.97 Å². The summed E-state index contributed by atoms with van der Waals surface area (Å²) in [6, 6.07) is -0.500. The molecule has 0 amide bonds. The molecule has 0 fully saturated rings. The Balaban J connectivity index is 3.32. The topological polar surface area (TPSA) is 61.6 Å². The van der Waals surface area contributed by atoms with Gasteiger partial charge in [-0.2, -0.15) is 0 Å². The molecule has 0 bridgehead atoms. The van der Waals surface area contributed by atoms with E-state index < -0.39 is 6.04 Å². The summed E-state index contributed by atoms with van der Waals surface area (Å²) in [5.41, 5.74) is 5.46. The lowest BCUT2D eigenvalue weighted by atomic mass is 10.2. The van der Waals surface area contributed by atoms with Gasteiger partial charge in [-0.3, -0.25) is 4.79 Å². The van der Waals surface area contributed by atoms with E-state index in [2.05, 4.69) is 13.8 Å². The van der Waals surface area contributed by atoms with E-state index in [4.69, 9.17) is 15.2 Å². The maximum atomic E-state index is 11.1. The maximum absolute atomic E-state index is 11.1. The number of rotatable bonds is 7. The summed E-state index contributed by atoms with van der Waals surface area (Å²) in [6.45, 7) is 7.41. The van der Waals surface area contributed by atoms with Gasteiger partial charge in [-0.25, -0.2) is 0 Å². The van der Waals surface area contributed by atoms with Crippen molar-refractivity contribution in [3.05, 3.63) is 0 Å². The smallest absolute Gasteiger partial charge is 0.322 e. The molecular weight excluding hydrogens is 182 g/mol. The molecule has 0 aliphatic carbocycles. The van der Waals surface area contributed by atoms with Crippen LogP contribution in [0.1, 0.15) is 27.2 Å². The van der Waals surface area contributed by atoms with Gasteiger partial charge in [0.2, 0.25) is 0 Å². The fourth-order valence-corrected chi connectivity index (χ4v) is 0.794. The van der Waals surface area contributed by atoms with Crippen LogP contribution in [-0.4, -0.2) is 31.8 Å². The SMILES string of the molecule is CC[C@H](N)C(=O)OCCOCC(C)C. The molecular formula is C10H21NO3. The molecule has 0 aromatic heterocycles. The highest BCUT2D eigenvalue weighted by molar-refractivity contribution is 5.75. The number of hydrogen-bond donors (Lipinski definition) is 1. The molecule has 0 unspecified atom stereocenters. The van der Waals surface area contributed by atoms with Crippen LogP contribution < -0.4 is 5.73 Å². The molecule has 0 saturated heterocycles. The van der Waals surface area contributed by atoms with E-state index in [-0.39, 0.29) is 5.97 Å². The third-order valence-electron chi connectivity index (χ3n) is 1.67. The van der Waals surface area contributed by atoms with Crippen molar-refractivity contribution in [1.82, 2.24) is 0 Å². The Hall–Kier alpha value is -0.610. The maximum Gasteiger partial charge on any atom is 0.322 e. The van der Waals surface area contributed by atoms with Gasteiger partial charge in [0.25, 0.3) is 0 Å². The van der Waals surface area contributed by atoms with Crippen molar-refractivity contribution in [2.45, 2.75) is 33.2 Å². The molecule has 0 aliphatic heterocycles. The van der Waals surface area contributed by atoms with E-state index in [1.165, 1.54) is 0 Å². The first kappa shape index (κ1) is 13.4. The average Bonchev–Trinajstić information content (AvgIpc) is 2.15. The largest absolute Gasteiger partial charge is 0.462 e. The van der Waals surface area contributed by atoms with Crippen LogP contribution in [0.15, 0.2) is 0 Å². The number of hydrogen-bond acceptors (Lipinski definition) is 4. The minimum Gasteiger partial charge on any atom is -0.462 e. The Morgan fingerprint density at radius 3 is 2.50 bits per heavy atom. The fourth-order valence-electron chi connectivity index (χ4n) is 0.794. The minimum absolute atomic E-state index is 0.291. The van der Waals surface area contributed by atoms with Crippen molar-refractivity contribution in [1.29, 1.82) is 0 Å². The Morgan fingerprint density at radius 1 is 1.36 bits per heavy atom. The van der Waals surface area contributed by atoms with E-state index in [0.29, 0.717) is 32.2 Å². The number of carbonyl (C=O) groups is 1. The highest BCUT2D eigenvalue weighted by atomic mass is 16.6. The van der Waals surface area contributed by atoms with E-state index in [1.54, 1.807) is 0 Å². The van der Waals surface area contributed by atoms with Gasteiger partial charge in [0.1, 0.15) is 12.6 Å². The molecule has 0 radical (unpaired) electrons. The van der Waals surface area contributed by atoms with Gasteiger partial charge in [-0.1, -0.05) is 20.8 Å². The number of esters is 1. The number of carbonyl (C=O) groups excluding carboxylic acids is 1. The van der Waals surface area contributed by atoms with Crippen molar-refractivity contribution in [3.8, 4) is 0 Å². The van der Waals surface area contributed by atoms with Crippen molar-refractivity contribution >= 4 is 5.97 Å². The van der Waals surface area contributed by atoms with Gasteiger partial charge in [0, 0.05) is 6.61 Å². The van der Waals surface area contributed by atoms with Crippen LogP contribution in [0, 0.1) is 5.92 Å². The van der Waals surface area contributed by atoms with Gasteiger partial charge in [-0.05, 0) is 12.3 Å². The average molecular weight is 203 g/mol. The second-order valence-electron chi connectivity index (χ2n) is 3.65. The van der Waals surface area contributed by atoms with Crippen LogP contribution >= 0.6 is 0 Å². The molecule has 0 aromatic carbocycles. The zero-order valence-corrected chi connectivity index (χ0v) is 9.29. The van der Waals surface area contributed by atoms with Gasteiger partial charge in [0.05, 0.1) is 6.61 Å². The zero-order chi connectivity index (χ0) is 11.0. The minimum atomic E-state index is -0.500. The normalized spacial score (nSPS) is 12.9. The predicted octanol–water partition coefficient (Wildman–Crippen LogP) is 0.939. The fraction of sp³-hybridized carbons (Fsp3) is 0.900. The quantitative estimate of drug-likeness (QED) is 0.494. The summed E-state index contributed by atoms with van der Waals surface area (Å²) in [5, 5.41) is 0. The predicted molar refractivity (Wildman–Crippen MR) is 54.9 cm³/mol. The van der Waals surface area contributed by atoms with Gasteiger partial charge in [-0.15, -0.1) is 0 Å². The Morgan fingerprint density at radius 2 is 2.00 bits per heavy atom. The molecule has 4 heteroatoms. The Kier molecular flexibility index (Phi) is 7.42. The van der Waals surface area contributed by atoms with E-state index in [9.17, 15) is 4.79 Å². The van der Waals surface area contributed by atoms with Crippen LogP contribution in [-0.2, 0) is 14.3 Å². The van der Waals surface area contributed by atoms with Crippen LogP contribution in [0.3, 0.4) is 0 Å². The summed E-state index contributed by atoms with van der Waals surface area (Å²) in [5.74, 6) is 0.157.